The fourth-order valence-corrected chi connectivity index (χ4v) is 1.52. The van der Waals surface area contributed by atoms with E-state index in [4.69, 9.17) is 16.3 Å². The molecule has 0 bridgehead atoms. The van der Waals surface area contributed by atoms with Crippen molar-refractivity contribution in [3.05, 3.63) is 46.7 Å². The third-order valence-electron chi connectivity index (χ3n) is 2.24. The first-order valence-electron chi connectivity index (χ1n) is 5.18. The van der Waals surface area contributed by atoms with Gasteiger partial charge < -0.3 is 10.1 Å². The molecule has 1 N–H and O–H groups in total. The van der Waals surface area contributed by atoms with Crippen molar-refractivity contribution < 1.29 is 17.9 Å². The van der Waals surface area contributed by atoms with Crippen LogP contribution < -0.4 is 10.1 Å². The van der Waals surface area contributed by atoms with Gasteiger partial charge in [-0.25, -0.2) is 13.2 Å². The predicted molar refractivity (Wildman–Crippen MR) is 65.2 cm³/mol. The molecule has 0 unspecified atom stereocenters. The van der Waals surface area contributed by atoms with Gasteiger partial charge in [0.05, 0.1) is 5.02 Å². The molecule has 1 heterocycles. The highest BCUT2D eigenvalue weighted by molar-refractivity contribution is 6.30. The number of rotatable bonds is 3. The summed E-state index contributed by atoms with van der Waals surface area (Å²) in [5.41, 5.74) is 0. The normalized spacial score (nSPS) is 10.4. The maximum atomic E-state index is 13.5. The van der Waals surface area contributed by atoms with Crippen molar-refractivity contribution in [2.45, 2.75) is 0 Å². The number of anilines is 1. The van der Waals surface area contributed by atoms with Crippen LogP contribution in [0.1, 0.15) is 0 Å². The first-order valence-corrected chi connectivity index (χ1v) is 5.55. The monoisotopic (exact) mass is 288 g/mol. The third-order valence-corrected chi connectivity index (χ3v) is 2.53. The van der Waals surface area contributed by atoms with Gasteiger partial charge in [-0.1, -0.05) is 11.6 Å². The second-order valence-corrected chi connectivity index (χ2v) is 3.94. The van der Waals surface area contributed by atoms with E-state index in [9.17, 15) is 13.2 Å². The summed E-state index contributed by atoms with van der Waals surface area (Å²) in [4.78, 5) is 3.62. The number of hydrogen-bond donors (Lipinski definition) is 1. The molecule has 0 saturated heterocycles. The fourth-order valence-electron chi connectivity index (χ4n) is 1.35. The molecule has 1 aromatic carbocycles. The molecule has 2 aromatic rings. The average molecular weight is 289 g/mol. The predicted octanol–water partition coefficient (Wildman–Crippen LogP) is 3.99. The summed E-state index contributed by atoms with van der Waals surface area (Å²) in [6, 6.07) is 4.13. The Balaban J connectivity index is 2.34. The molecule has 0 aliphatic carbocycles. The summed E-state index contributed by atoms with van der Waals surface area (Å²) in [5, 5.41) is 2.28. The summed E-state index contributed by atoms with van der Waals surface area (Å²) in [6.45, 7) is 0. The van der Waals surface area contributed by atoms with Crippen molar-refractivity contribution in [1.29, 1.82) is 0 Å². The molecule has 0 amide bonds. The Bertz CT molecular complexity index is 622. The van der Waals surface area contributed by atoms with Crippen LogP contribution in [0.2, 0.25) is 5.02 Å². The number of aromatic nitrogens is 1. The van der Waals surface area contributed by atoms with Crippen LogP contribution in [0.5, 0.6) is 11.6 Å². The zero-order valence-electron chi connectivity index (χ0n) is 9.68. The van der Waals surface area contributed by atoms with Crippen LogP contribution in [-0.4, -0.2) is 12.0 Å². The summed E-state index contributed by atoms with van der Waals surface area (Å²) in [5.74, 6) is -2.96. The van der Waals surface area contributed by atoms with Crippen molar-refractivity contribution in [2.75, 3.05) is 12.4 Å². The van der Waals surface area contributed by atoms with Crippen molar-refractivity contribution in [2.24, 2.45) is 0 Å². The lowest BCUT2D eigenvalue weighted by atomic mass is 10.3. The van der Waals surface area contributed by atoms with E-state index in [1.54, 1.807) is 0 Å². The van der Waals surface area contributed by atoms with Crippen LogP contribution in [0.25, 0.3) is 0 Å². The molecule has 3 nitrogen and oxygen atoms in total. The number of ether oxygens (including phenoxy) is 1. The van der Waals surface area contributed by atoms with E-state index >= 15 is 0 Å². The van der Waals surface area contributed by atoms with Crippen LogP contribution >= 0.6 is 11.6 Å². The third kappa shape index (κ3) is 2.90. The number of nitrogens with one attached hydrogen (secondary N) is 1. The van der Waals surface area contributed by atoms with Gasteiger partial charge >= 0.3 is 0 Å². The van der Waals surface area contributed by atoms with E-state index in [0.29, 0.717) is 6.07 Å². The van der Waals surface area contributed by atoms with E-state index in [1.807, 2.05) is 0 Å². The molecule has 19 heavy (non-hydrogen) atoms. The lowest BCUT2D eigenvalue weighted by Gasteiger charge is -2.08. The summed E-state index contributed by atoms with van der Waals surface area (Å²) < 4.78 is 44.7. The van der Waals surface area contributed by atoms with Gasteiger partial charge in [0.25, 0.3) is 5.88 Å². The molecule has 1 aromatic heterocycles. The molecule has 0 saturated carbocycles. The summed E-state index contributed by atoms with van der Waals surface area (Å²) in [7, 11) is 1.43. The zero-order valence-corrected chi connectivity index (χ0v) is 10.4. The van der Waals surface area contributed by atoms with Crippen molar-refractivity contribution >= 4 is 17.4 Å². The number of pyridine rings is 1. The lowest BCUT2D eigenvalue weighted by molar-refractivity contribution is 0.417. The smallest absolute Gasteiger partial charge is 0.258 e. The van der Waals surface area contributed by atoms with E-state index < -0.39 is 23.3 Å². The van der Waals surface area contributed by atoms with Gasteiger partial charge in [-0.2, -0.15) is 4.98 Å². The fraction of sp³-hybridized carbons (Fsp3) is 0.0833. The van der Waals surface area contributed by atoms with E-state index in [-0.39, 0.29) is 16.6 Å². The Kier molecular flexibility index (Phi) is 3.80. The van der Waals surface area contributed by atoms with Crippen LogP contribution in [0.15, 0.2) is 24.3 Å². The topological polar surface area (TPSA) is 34.2 Å². The van der Waals surface area contributed by atoms with E-state index in [0.717, 1.165) is 6.07 Å². The first kappa shape index (κ1) is 13.5. The first-order chi connectivity index (χ1) is 9.01. The maximum Gasteiger partial charge on any atom is 0.258 e. The molecule has 0 fully saturated rings. The molecule has 7 heteroatoms. The SMILES string of the molecule is CNc1nc(Oc2ccc(F)c(Cl)c2)c(F)cc1F. The lowest BCUT2D eigenvalue weighted by Crippen LogP contribution is -2.01. The van der Waals surface area contributed by atoms with Gasteiger partial charge in [0, 0.05) is 19.2 Å². The number of halogens is 4. The van der Waals surface area contributed by atoms with Crippen LogP contribution in [0.3, 0.4) is 0 Å². The molecular formula is C12H8ClF3N2O. The Morgan fingerprint density at radius 3 is 2.47 bits per heavy atom. The minimum atomic E-state index is -0.975. The molecule has 0 radical (unpaired) electrons. The number of nitrogens with zero attached hydrogens (tertiary/aromatic N) is 1. The van der Waals surface area contributed by atoms with Crippen LogP contribution in [-0.2, 0) is 0 Å². The summed E-state index contributed by atoms with van der Waals surface area (Å²) >= 11 is 5.56. The molecule has 100 valence electrons. The number of hydrogen-bond acceptors (Lipinski definition) is 3. The summed E-state index contributed by atoms with van der Waals surface area (Å²) in [6.07, 6.45) is 0. The van der Waals surface area contributed by atoms with Crippen molar-refractivity contribution in [3.8, 4) is 11.6 Å². The molecule has 2 rings (SSSR count). The standard InChI is InChI=1S/C12H8ClF3N2O/c1-17-11-9(15)5-10(16)12(18-11)19-6-2-3-8(14)7(13)4-6/h2-5H,1H3,(H,17,18). The van der Waals surface area contributed by atoms with E-state index in [1.165, 1.54) is 19.2 Å². The van der Waals surface area contributed by atoms with Crippen molar-refractivity contribution in [1.82, 2.24) is 4.98 Å². The Labute approximate surface area is 112 Å². The van der Waals surface area contributed by atoms with Gasteiger partial charge in [0.1, 0.15) is 11.6 Å². The van der Waals surface area contributed by atoms with Crippen molar-refractivity contribution in [3.63, 3.8) is 0 Å². The van der Waals surface area contributed by atoms with Gasteiger partial charge in [-0.15, -0.1) is 0 Å². The highest BCUT2D eigenvalue weighted by Crippen LogP contribution is 2.28. The second kappa shape index (κ2) is 5.36. The zero-order chi connectivity index (χ0) is 14.0. The minimum absolute atomic E-state index is 0.0893. The largest absolute Gasteiger partial charge is 0.436 e. The molecule has 0 aliphatic heterocycles. The highest BCUT2D eigenvalue weighted by atomic mass is 35.5. The maximum absolute atomic E-state index is 13.5. The van der Waals surface area contributed by atoms with Crippen LogP contribution in [0, 0.1) is 17.5 Å². The van der Waals surface area contributed by atoms with Gasteiger partial charge in [-0.3, -0.25) is 0 Å². The number of benzene rings is 1. The Morgan fingerprint density at radius 2 is 1.84 bits per heavy atom. The average Bonchev–Trinajstić information content (AvgIpc) is 2.37. The minimum Gasteiger partial charge on any atom is -0.436 e. The van der Waals surface area contributed by atoms with Gasteiger partial charge in [0.2, 0.25) is 0 Å². The van der Waals surface area contributed by atoms with E-state index in [2.05, 4.69) is 10.3 Å². The Hall–Kier alpha value is -1.95. The molecule has 0 atom stereocenters. The van der Waals surface area contributed by atoms with Gasteiger partial charge in [-0.05, 0) is 12.1 Å². The molecule has 0 aliphatic rings. The molecule has 0 spiro atoms. The Morgan fingerprint density at radius 1 is 1.11 bits per heavy atom. The quantitative estimate of drug-likeness (QED) is 0.927. The van der Waals surface area contributed by atoms with Crippen LogP contribution in [0.4, 0.5) is 19.0 Å². The van der Waals surface area contributed by atoms with Gasteiger partial charge in [0.15, 0.2) is 17.5 Å². The molecular weight excluding hydrogens is 281 g/mol. The second-order valence-electron chi connectivity index (χ2n) is 3.53. The highest BCUT2D eigenvalue weighted by Gasteiger charge is 2.13.